The number of carbonyl (C=O) groups is 2. The number of rotatable bonds is 5. The molecule has 2 aliphatic heterocycles. The average molecular weight is 429 g/mol. The lowest BCUT2D eigenvalue weighted by Crippen LogP contribution is -2.58. The first-order valence-electron chi connectivity index (χ1n) is 10.4. The molecule has 2 aromatic heterocycles. The zero-order valence-corrected chi connectivity index (χ0v) is 17.8. The maximum absolute atomic E-state index is 12.2. The average Bonchev–Trinajstić information content (AvgIpc) is 3.15. The molecule has 2 fully saturated rings. The number of ether oxygens (including phenoxy) is 1. The minimum Gasteiger partial charge on any atom is -0.465 e. The Bertz CT molecular complexity index is 964. The van der Waals surface area contributed by atoms with Crippen LogP contribution in [0.3, 0.4) is 0 Å². The van der Waals surface area contributed by atoms with E-state index < -0.39 is 12.1 Å². The molecule has 0 unspecified atom stereocenters. The Morgan fingerprint density at radius 3 is 2.52 bits per heavy atom. The zero-order valence-electron chi connectivity index (χ0n) is 17.8. The first-order chi connectivity index (χ1) is 14.9. The molecular weight excluding hydrogens is 402 g/mol. The summed E-state index contributed by atoms with van der Waals surface area (Å²) in [5.74, 6) is 0.817. The standard InChI is InChI=1S/C20H27N7O4/c1-11-7-17(25-24-11)22-16-10-15(18(28)31-3)21-19(23-16)26(2)14-8-12-5-4-6-13(9-14)27(12)20(29)30/h7,10,12-14H,4-6,8-9H2,1-3H3,(H,29,30)(H2,21,22,23,24,25)/t12-,13+,14-. The van der Waals surface area contributed by atoms with E-state index in [9.17, 15) is 14.7 Å². The molecule has 2 aromatic rings. The normalized spacial score (nSPS) is 22.7. The van der Waals surface area contributed by atoms with Crippen molar-refractivity contribution in [3.8, 4) is 0 Å². The van der Waals surface area contributed by atoms with Crippen LogP contribution in [-0.4, -0.2) is 74.5 Å². The third-order valence-corrected chi connectivity index (χ3v) is 6.10. The van der Waals surface area contributed by atoms with Gasteiger partial charge in [0.05, 0.1) is 7.11 Å². The van der Waals surface area contributed by atoms with Crippen LogP contribution in [0.5, 0.6) is 0 Å². The van der Waals surface area contributed by atoms with Gasteiger partial charge in [0.15, 0.2) is 11.5 Å². The van der Waals surface area contributed by atoms with Gasteiger partial charge in [-0.05, 0) is 39.0 Å². The van der Waals surface area contributed by atoms with Crippen LogP contribution in [0, 0.1) is 6.92 Å². The number of hydrogen-bond acceptors (Lipinski definition) is 8. The lowest BCUT2D eigenvalue weighted by molar-refractivity contribution is 0.0350. The van der Waals surface area contributed by atoms with Gasteiger partial charge in [0.2, 0.25) is 5.95 Å². The molecule has 0 aromatic carbocycles. The molecule has 0 aliphatic carbocycles. The van der Waals surface area contributed by atoms with Crippen LogP contribution in [0.1, 0.15) is 48.3 Å². The third-order valence-electron chi connectivity index (χ3n) is 6.10. The Balaban J connectivity index is 1.60. The number of nitrogens with one attached hydrogen (secondary N) is 2. The minimum atomic E-state index is -0.847. The number of piperidine rings is 2. The van der Waals surface area contributed by atoms with E-state index in [1.807, 2.05) is 24.9 Å². The van der Waals surface area contributed by atoms with Crippen molar-refractivity contribution in [2.24, 2.45) is 0 Å². The number of amides is 1. The van der Waals surface area contributed by atoms with E-state index in [4.69, 9.17) is 4.74 Å². The fraction of sp³-hybridized carbons (Fsp3) is 0.550. The van der Waals surface area contributed by atoms with E-state index in [0.717, 1.165) is 25.0 Å². The molecule has 4 heterocycles. The molecule has 3 atom stereocenters. The van der Waals surface area contributed by atoms with Crippen molar-refractivity contribution >= 4 is 29.6 Å². The summed E-state index contributed by atoms with van der Waals surface area (Å²) in [7, 11) is 3.19. The molecule has 0 radical (unpaired) electrons. The van der Waals surface area contributed by atoms with E-state index in [1.54, 1.807) is 4.90 Å². The summed E-state index contributed by atoms with van der Waals surface area (Å²) in [6.45, 7) is 1.89. The summed E-state index contributed by atoms with van der Waals surface area (Å²) < 4.78 is 4.86. The zero-order chi connectivity index (χ0) is 22.1. The van der Waals surface area contributed by atoms with Crippen molar-refractivity contribution in [2.75, 3.05) is 24.4 Å². The van der Waals surface area contributed by atoms with Gasteiger partial charge in [-0.25, -0.2) is 14.6 Å². The number of anilines is 3. The number of aromatic nitrogens is 4. The molecule has 4 rings (SSSR count). The van der Waals surface area contributed by atoms with Gasteiger partial charge in [0.25, 0.3) is 0 Å². The number of hydrogen-bond donors (Lipinski definition) is 3. The second-order valence-electron chi connectivity index (χ2n) is 8.16. The molecule has 2 aliphatic rings. The predicted molar refractivity (Wildman–Crippen MR) is 113 cm³/mol. The molecule has 2 saturated heterocycles. The van der Waals surface area contributed by atoms with Gasteiger partial charge in [-0.1, -0.05) is 0 Å². The first kappa shape index (κ1) is 20.9. The van der Waals surface area contributed by atoms with Gasteiger partial charge in [0, 0.05) is 43.0 Å². The van der Waals surface area contributed by atoms with Crippen molar-refractivity contribution < 1.29 is 19.4 Å². The fourth-order valence-corrected chi connectivity index (χ4v) is 4.62. The third kappa shape index (κ3) is 4.25. The summed E-state index contributed by atoms with van der Waals surface area (Å²) >= 11 is 0. The molecule has 2 bridgehead atoms. The smallest absolute Gasteiger partial charge is 0.407 e. The van der Waals surface area contributed by atoms with Gasteiger partial charge in [0.1, 0.15) is 5.82 Å². The van der Waals surface area contributed by atoms with Gasteiger partial charge in [-0.2, -0.15) is 10.1 Å². The monoisotopic (exact) mass is 429 g/mol. The maximum Gasteiger partial charge on any atom is 0.407 e. The SMILES string of the molecule is COC(=O)c1cc(Nc2cc(C)[nH]n2)nc(N(C)[C@@H]2C[C@H]3CCC[C@@H](C2)N3C(=O)O)n1. The van der Waals surface area contributed by atoms with Crippen molar-refractivity contribution in [1.82, 2.24) is 25.1 Å². The molecule has 0 spiro atoms. The van der Waals surface area contributed by atoms with Crippen LogP contribution in [0.15, 0.2) is 12.1 Å². The number of carbonyl (C=O) groups excluding carboxylic acids is 1. The highest BCUT2D eigenvalue weighted by atomic mass is 16.5. The summed E-state index contributed by atoms with van der Waals surface area (Å²) in [5.41, 5.74) is 1.02. The number of fused-ring (bicyclic) bond motifs is 2. The summed E-state index contributed by atoms with van der Waals surface area (Å²) in [6, 6.07) is 3.40. The second kappa shape index (κ2) is 8.40. The summed E-state index contributed by atoms with van der Waals surface area (Å²) in [5, 5.41) is 19.7. The molecule has 11 heteroatoms. The molecule has 3 N–H and O–H groups in total. The molecule has 166 valence electrons. The van der Waals surface area contributed by atoms with Crippen LogP contribution in [0.4, 0.5) is 22.4 Å². The first-order valence-corrected chi connectivity index (χ1v) is 10.4. The lowest BCUT2D eigenvalue weighted by atomic mass is 9.81. The predicted octanol–water partition coefficient (Wildman–Crippen LogP) is 2.54. The topological polar surface area (TPSA) is 137 Å². The number of H-pyrrole nitrogens is 1. The van der Waals surface area contributed by atoms with Crippen LogP contribution in [0.2, 0.25) is 0 Å². The van der Waals surface area contributed by atoms with Gasteiger partial charge in [-0.3, -0.25) is 5.10 Å². The van der Waals surface area contributed by atoms with Gasteiger partial charge >= 0.3 is 12.1 Å². The summed E-state index contributed by atoms with van der Waals surface area (Å²) in [6.07, 6.45) is 3.32. The van der Waals surface area contributed by atoms with Crippen LogP contribution >= 0.6 is 0 Å². The molecule has 0 saturated carbocycles. The highest BCUT2D eigenvalue weighted by Gasteiger charge is 2.42. The van der Waals surface area contributed by atoms with E-state index in [0.29, 0.717) is 30.4 Å². The van der Waals surface area contributed by atoms with Crippen molar-refractivity contribution in [1.29, 1.82) is 0 Å². The molecular formula is C20H27N7O4. The number of esters is 1. The Morgan fingerprint density at radius 2 is 1.94 bits per heavy atom. The molecule has 1 amide bonds. The highest BCUT2D eigenvalue weighted by molar-refractivity contribution is 5.88. The number of aryl methyl sites for hydroxylation is 1. The summed E-state index contributed by atoms with van der Waals surface area (Å²) in [4.78, 5) is 36.5. The maximum atomic E-state index is 12.2. The van der Waals surface area contributed by atoms with Crippen molar-refractivity contribution in [3.63, 3.8) is 0 Å². The molecule has 11 nitrogen and oxygen atoms in total. The number of aromatic amines is 1. The molecule has 31 heavy (non-hydrogen) atoms. The Hall–Kier alpha value is -3.37. The van der Waals surface area contributed by atoms with Crippen molar-refractivity contribution in [3.05, 3.63) is 23.5 Å². The number of nitrogens with zero attached hydrogens (tertiary/aromatic N) is 5. The van der Waals surface area contributed by atoms with Crippen molar-refractivity contribution in [2.45, 2.75) is 57.2 Å². The largest absolute Gasteiger partial charge is 0.465 e. The number of methoxy groups -OCH3 is 1. The Kier molecular flexibility index (Phi) is 5.66. The minimum absolute atomic E-state index is 0.00846. The van der Waals surface area contributed by atoms with E-state index >= 15 is 0 Å². The Morgan fingerprint density at radius 1 is 1.23 bits per heavy atom. The number of carboxylic acid groups (broad SMARTS) is 1. The quantitative estimate of drug-likeness (QED) is 0.612. The van der Waals surface area contributed by atoms with Gasteiger partial charge in [-0.15, -0.1) is 0 Å². The lowest BCUT2D eigenvalue weighted by Gasteiger charge is -2.49. The highest BCUT2D eigenvalue weighted by Crippen LogP contribution is 2.36. The van der Waals surface area contributed by atoms with E-state index in [2.05, 4.69) is 25.5 Å². The van der Waals surface area contributed by atoms with E-state index in [-0.39, 0.29) is 23.8 Å². The fourth-order valence-electron chi connectivity index (χ4n) is 4.62. The van der Waals surface area contributed by atoms with Crippen LogP contribution in [-0.2, 0) is 4.74 Å². The Labute approximate surface area is 179 Å². The van der Waals surface area contributed by atoms with Gasteiger partial charge < -0.3 is 25.0 Å². The van der Waals surface area contributed by atoms with E-state index in [1.165, 1.54) is 13.2 Å². The second-order valence-corrected chi connectivity index (χ2v) is 8.16. The van der Waals surface area contributed by atoms with Crippen LogP contribution < -0.4 is 10.2 Å². The van der Waals surface area contributed by atoms with Crippen LogP contribution in [0.25, 0.3) is 0 Å².